The molecule has 0 aliphatic carbocycles. The standard InChI is InChI=1S/C28H28N2O4/c1-17(31)18-6-5-7-19(12-18)20-8-10-24-22(13-20)28(16-33-26(29)30-28)23-14-21(9-11-25(23)34-24)32-15-27(2,3)4/h5-14H,15-16H2,1-4H3,(H2,29,30)/t28-/m0/s1. The van der Waals surface area contributed by atoms with Crippen LogP contribution in [0.3, 0.4) is 0 Å². The molecule has 0 aromatic heterocycles. The summed E-state index contributed by atoms with van der Waals surface area (Å²) in [7, 11) is 0. The minimum Gasteiger partial charge on any atom is -0.493 e. The molecular weight excluding hydrogens is 428 g/mol. The molecule has 6 nitrogen and oxygen atoms in total. The molecule has 2 N–H and O–H groups in total. The zero-order chi connectivity index (χ0) is 24.1. The normalized spacial score (nSPS) is 18.4. The number of carbonyl (C=O) groups is 1. The van der Waals surface area contributed by atoms with Crippen molar-refractivity contribution in [1.82, 2.24) is 0 Å². The predicted octanol–water partition coefficient (Wildman–Crippen LogP) is 5.68. The highest BCUT2D eigenvalue weighted by Crippen LogP contribution is 2.52. The van der Waals surface area contributed by atoms with E-state index in [0.717, 1.165) is 28.0 Å². The Hall–Kier alpha value is -3.80. The summed E-state index contributed by atoms with van der Waals surface area (Å²) in [4.78, 5) is 16.7. The predicted molar refractivity (Wildman–Crippen MR) is 132 cm³/mol. The summed E-state index contributed by atoms with van der Waals surface area (Å²) in [6, 6.07) is 19.5. The molecule has 174 valence electrons. The van der Waals surface area contributed by atoms with Gasteiger partial charge in [0.2, 0.25) is 0 Å². The van der Waals surface area contributed by atoms with E-state index in [4.69, 9.17) is 24.9 Å². The second kappa shape index (κ2) is 7.90. The first-order valence-corrected chi connectivity index (χ1v) is 11.3. The van der Waals surface area contributed by atoms with Gasteiger partial charge in [-0.2, -0.15) is 0 Å². The molecule has 0 fully saturated rings. The van der Waals surface area contributed by atoms with Crippen LogP contribution < -0.4 is 15.2 Å². The molecule has 0 saturated carbocycles. The molecule has 1 spiro atoms. The van der Waals surface area contributed by atoms with Crippen LogP contribution in [0, 0.1) is 5.41 Å². The summed E-state index contributed by atoms with van der Waals surface area (Å²) < 4.78 is 18.0. The van der Waals surface area contributed by atoms with Gasteiger partial charge in [-0.25, -0.2) is 4.99 Å². The number of nitrogens with two attached hydrogens (primary N) is 1. The van der Waals surface area contributed by atoms with Crippen molar-refractivity contribution < 1.29 is 19.0 Å². The Labute approximate surface area is 199 Å². The maximum Gasteiger partial charge on any atom is 0.283 e. The summed E-state index contributed by atoms with van der Waals surface area (Å²) >= 11 is 0. The zero-order valence-corrected chi connectivity index (χ0v) is 19.8. The number of Topliss-reactive ketones (excluding diaryl/α,β-unsaturated/α-hetero) is 1. The maximum absolute atomic E-state index is 11.9. The summed E-state index contributed by atoms with van der Waals surface area (Å²) in [5.74, 6) is 2.16. The van der Waals surface area contributed by atoms with Crippen LogP contribution in [0.5, 0.6) is 17.2 Å². The lowest BCUT2D eigenvalue weighted by molar-refractivity contribution is 0.101. The first-order valence-electron chi connectivity index (χ1n) is 11.3. The Balaban J connectivity index is 1.62. The minimum absolute atomic E-state index is 0.0258. The molecular formula is C28H28N2O4. The lowest BCUT2D eigenvalue weighted by atomic mass is 9.80. The smallest absolute Gasteiger partial charge is 0.283 e. The number of hydrogen-bond donors (Lipinski definition) is 1. The van der Waals surface area contributed by atoms with Crippen molar-refractivity contribution in [3.05, 3.63) is 77.4 Å². The second-order valence-electron chi connectivity index (χ2n) is 10.1. The van der Waals surface area contributed by atoms with Gasteiger partial charge >= 0.3 is 0 Å². The van der Waals surface area contributed by atoms with E-state index in [9.17, 15) is 4.79 Å². The van der Waals surface area contributed by atoms with Crippen molar-refractivity contribution in [2.45, 2.75) is 33.2 Å². The molecule has 3 aromatic carbocycles. The number of hydrogen-bond acceptors (Lipinski definition) is 6. The van der Waals surface area contributed by atoms with E-state index in [0.29, 0.717) is 23.7 Å². The Kier molecular flexibility index (Phi) is 5.12. The Morgan fingerprint density at radius 2 is 1.74 bits per heavy atom. The molecule has 0 bridgehead atoms. The Morgan fingerprint density at radius 3 is 2.41 bits per heavy atom. The molecule has 0 unspecified atom stereocenters. The van der Waals surface area contributed by atoms with Gasteiger partial charge in [0.25, 0.3) is 6.02 Å². The van der Waals surface area contributed by atoms with Crippen molar-refractivity contribution in [2.75, 3.05) is 13.2 Å². The van der Waals surface area contributed by atoms with Gasteiger partial charge in [0.15, 0.2) is 11.3 Å². The summed E-state index contributed by atoms with van der Waals surface area (Å²) in [5, 5.41) is 0. The highest BCUT2D eigenvalue weighted by Gasteiger charge is 2.47. The van der Waals surface area contributed by atoms with E-state index in [1.54, 1.807) is 6.92 Å². The van der Waals surface area contributed by atoms with Gasteiger partial charge in [0.05, 0.1) is 6.61 Å². The van der Waals surface area contributed by atoms with Crippen LogP contribution in [-0.2, 0) is 10.3 Å². The number of rotatable bonds is 4. The second-order valence-corrected chi connectivity index (χ2v) is 10.1. The zero-order valence-electron chi connectivity index (χ0n) is 19.8. The number of ether oxygens (including phenoxy) is 3. The minimum atomic E-state index is -0.845. The van der Waals surface area contributed by atoms with Crippen LogP contribution in [0.25, 0.3) is 11.1 Å². The quantitative estimate of drug-likeness (QED) is 0.511. The van der Waals surface area contributed by atoms with Crippen LogP contribution in [-0.4, -0.2) is 25.0 Å². The van der Waals surface area contributed by atoms with Crippen LogP contribution in [0.2, 0.25) is 0 Å². The fraction of sp³-hybridized carbons (Fsp3) is 0.286. The number of benzene rings is 3. The molecule has 0 radical (unpaired) electrons. The van der Waals surface area contributed by atoms with Gasteiger partial charge in [0, 0.05) is 16.7 Å². The van der Waals surface area contributed by atoms with Crippen molar-refractivity contribution in [1.29, 1.82) is 0 Å². The lowest BCUT2D eigenvalue weighted by Gasteiger charge is -2.34. The first kappa shape index (κ1) is 22.0. The number of amidine groups is 1. The van der Waals surface area contributed by atoms with Crippen molar-refractivity contribution in [2.24, 2.45) is 16.1 Å². The monoisotopic (exact) mass is 456 g/mol. The highest BCUT2D eigenvalue weighted by molar-refractivity contribution is 5.95. The van der Waals surface area contributed by atoms with E-state index in [1.165, 1.54) is 0 Å². The van der Waals surface area contributed by atoms with E-state index >= 15 is 0 Å². The largest absolute Gasteiger partial charge is 0.493 e. The number of fused-ring (bicyclic) bond motifs is 4. The lowest BCUT2D eigenvalue weighted by Crippen LogP contribution is -2.31. The van der Waals surface area contributed by atoms with E-state index in [2.05, 4.69) is 20.8 Å². The third-order valence-corrected chi connectivity index (χ3v) is 6.05. The van der Waals surface area contributed by atoms with Crippen molar-refractivity contribution in [3.8, 4) is 28.4 Å². The third-order valence-electron chi connectivity index (χ3n) is 6.05. The van der Waals surface area contributed by atoms with E-state index in [1.807, 2.05) is 60.7 Å². The van der Waals surface area contributed by atoms with Crippen LogP contribution >= 0.6 is 0 Å². The Bertz CT molecular complexity index is 1320. The van der Waals surface area contributed by atoms with Gasteiger partial charge in [-0.3, -0.25) is 4.79 Å². The van der Waals surface area contributed by atoms with Gasteiger partial charge in [-0.05, 0) is 59.9 Å². The summed E-state index contributed by atoms with van der Waals surface area (Å²) in [6.45, 7) is 8.80. The maximum atomic E-state index is 11.9. The number of carbonyl (C=O) groups excluding carboxylic acids is 1. The first-order chi connectivity index (χ1) is 16.1. The van der Waals surface area contributed by atoms with Gasteiger partial charge in [-0.15, -0.1) is 0 Å². The molecule has 3 aromatic rings. The molecule has 0 saturated heterocycles. The molecule has 5 rings (SSSR count). The molecule has 0 amide bonds. The van der Waals surface area contributed by atoms with Gasteiger partial charge in [-0.1, -0.05) is 45.0 Å². The van der Waals surface area contributed by atoms with Crippen molar-refractivity contribution >= 4 is 11.8 Å². The fourth-order valence-electron chi connectivity index (χ4n) is 4.32. The SMILES string of the molecule is CC(=O)c1cccc(-c2ccc3c(c2)[C@@]2(COC(N)=N2)c2cc(OCC(C)(C)C)ccc2O3)c1. The van der Waals surface area contributed by atoms with Crippen molar-refractivity contribution in [3.63, 3.8) is 0 Å². The molecule has 1 atom stereocenters. The van der Waals surface area contributed by atoms with E-state index in [-0.39, 0.29) is 23.8 Å². The Morgan fingerprint density at radius 1 is 1.03 bits per heavy atom. The molecule has 6 heteroatoms. The number of ketones is 1. The molecule has 2 aliphatic rings. The fourth-order valence-corrected chi connectivity index (χ4v) is 4.32. The summed E-state index contributed by atoms with van der Waals surface area (Å²) in [6.07, 6.45) is 0. The third kappa shape index (κ3) is 3.89. The highest BCUT2D eigenvalue weighted by atomic mass is 16.5. The van der Waals surface area contributed by atoms with Crippen LogP contribution in [0.15, 0.2) is 65.7 Å². The molecule has 34 heavy (non-hydrogen) atoms. The number of nitrogens with zero attached hydrogens (tertiary/aromatic N) is 1. The molecule has 2 heterocycles. The topological polar surface area (TPSA) is 83.1 Å². The molecule has 2 aliphatic heterocycles. The average Bonchev–Trinajstić information content (AvgIpc) is 3.19. The average molecular weight is 457 g/mol. The van der Waals surface area contributed by atoms with Crippen LogP contribution in [0.1, 0.15) is 49.2 Å². The summed E-state index contributed by atoms with van der Waals surface area (Å²) in [5.41, 5.74) is 9.48. The van der Waals surface area contributed by atoms with E-state index < -0.39 is 5.54 Å². The van der Waals surface area contributed by atoms with Crippen LogP contribution in [0.4, 0.5) is 0 Å². The van der Waals surface area contributed by atoms with Gasteiger partial charge in [0.1, 0.15) is 23.9 Å². The van der Waals surface area contributed by atoms with Gasteiger partial charge < -0.3 is 19.9 Å². The number of aliphatic imine (C=N–C) groups is 1.